The fraction of sp³-hybridized carbons (Fsp3) is 0.182. The fourth-order valence-electron chi connectivity index (χ4n) is 3.74. The van der Waals surface area contributed by atoms with Gasteiger partial charge < -0.3 is 13.9 Å². The molecule has 10 heteroatoms. The summed E-state index contributed by atoms with van der Waals surface area (Å²) in [7, 11) is 1.70. The molecule has 4 aromatic rings. The number of nitrogens with one attached hydrogen (secondary N) is 1. The van der Waals surface area contributed by atoms with Crippen LogP contribution >= 0.6 is 35.2 Å². The molecule has 3 heterocycles. The van der Waals surface area contributed by atoms with Gasteiger partial charge in [0.25, 0.3) is 5.19 Å². The van der Waals surface area contributed by atoms with E-state index in [9.17, 15) is 4.79 Å². The van der Waals surface area contributed by atoms with Gasteiger partial charge in [0, 0.05) is 36.2 Å². The first-order valence-corrected chi connectivity index (χ1v) is 11.5. The molecule has 0 fully saturated rings. The molecule has 7 nitrogen and oxygen atoms in total. The van der Waals surface area contributed by atoms with Crippen molar-refractivity contribution in [1.82, 2.24) is 24.1 Å². The topological polar surface area (TPSA) is 77.7 Å². The molecule has 1 aliphatic carbocycles. The summed E-state index contributed by atoms with van der Waals surface area (Å²) in [6.07, 6.45) is 11.2. The SMILES string of the molecule is Cn1cc(C2c3ccc(Cl)cc3C=Cc3sc(OCCn4ccnc4)nc32)c(=S)[nH]c1=O. The molecule has 0 amide bonds. The highest BCUT2D eigenvalue weighted by Gasteiger charge is 2.29. The van der Waals surface area contributed by atoms with Gasteiger partial charge in [-0.25, -0.2) is 14.8 Å². The van der Waals surface area contributed by atoms with Crippen LogP contribution in [0, 0.1) is 4.64 Å². The smallest absolute Gasteiger partial charge is 0.326 e. The van der Waals surface area contributed by atoms with Crippen molar-refractivity contribution in [2.24, 2.45) is 7.05 Å². The van der Waals surface area contributed by atoms with Gasteiger partial charge in [-0.1, -0.05) is 47.3 Å². The van der Waals surface area contributed by atoms with E-state index in [0.717, 1.165) is 27.3 Å². The molecule has 1 N–H and O–H groups in total. The van der Waals surface area contributed by atoms with Crippen LogP contribution in [0.15, 0.2) is 47.9 Å². The van der Waals surface area contributed by atoms with E-state index in [0.29, 0.717) is 28.0 Å². The van der Waals surface area contributed by atoms with Crippen LogP contribution in [0.4, 0.5) is 0 Å². The van der Waals surface area contributed by atoms with E-state index in [1.165, 1.54) is 15.9 Å². The Hall–Kier alpha value is -3.01. The van der Waals surface area contributed by atoms with Crippen LogP contribution < -0.4 is 10.4 Å². The van der Waals surface area contributed by atoms with Crippen LogP contribution in [0.25, 0.3) is 12.2 Å². The first-order valence-electron chi connectivity index (χ1n) is 9.86. The highest BCUT2D eigenvalue weighted by atomic mass is 35.5. The number of aromatic amines is 1. The Bertz CT molecular complexity index is 1440. The maximum atomic E-state index is 12.1. The van der Waals surface area contributed by atoms with Crippen molar-refractivity contribution in [3.8, 4) is 5.19 Å². The number of aryl methyl sites for hydroxylation is 1. The molecule has 0 bridgehead atoms. The second kappa shape index (κ2) is 8.50. The van der Waals surface area contributed by atoms with Gasteiger partial charge in [0.05, 0.1) is 29.4 Å². The Labute approximate surface area is 197 Å². The zero-order valence-corrected chi connectivity index (χ0v) is 19.4. The molecule has 0 spiro atoms. The molecule has 0 saturated carbocycles. The number of aromatic nitrogens is 5. The van der Waals surface area contributed by atoms with Crippen molar-refractivity contribution >= 4 is 47.3 Å². The van der Waals surface area contributed by atoms with Crippen LogP contribution in [-0.4, -0.2) is 30.7 Å². The molecular weight excluding hydrogens is 466 g/mol. The number of thiazole rings is 1. The van der Waals surface area contributed by atoms with Crippen LogP contribution in [-0.2, 0) is 13.6 Å². The molecule has 5 rings (SSSR count). The van der Waals surface area contributed by atoms with E-state index in [-0.39, 0.29) is 11.6 Å². The number of halogens is 1. The molecule has 1 unspecified atom stereocenters. The quantitative estimate of drug-likeness (QED) is 0.372. The van der Waals surface area contributed by atoms with Crippen molar-refractivity contribution < 1.29 is 4.74 Å². The molecule has 0 aliphatic heterocycles. The summed E-state index contributed by atoms with van der Waals surface area (Å²) in [6.45, 7) is 1.15. The Morgan fingerprint density at radius 2 is 2.19 bits per heavy atom. The molecule has 32 heavy (non-hydrogen) atoms. The molecule has 1 aromatic carbocycles. The second-order valence-electron chi connectivity index (χ2n) is 7.37. The molecule has 1 atom stereocenters. The number of rotatable bonds is 5. The molecule has 162 valence electrons. The van der Waals surface area contributed by atoms with Gasteiger partial charge >= 0.3 is 5.69 Å². The number of hydrogen-bond acceptors (Lipinski definition) is 6. The highest BCUT2D eigenvalue weighted by molar-refractivity contribution is 7.71. The second-order valence-corrected chi connectivity index (χ2v) is 9.21. The van der Waals surface area contributed by atoms with Crippen molar-refractivity contribution in [3.05, 3.63) is 90.5 Å². The standard InChI is InChI=1S/C22H18ClN5O2S2/c1-27-11-16(20(31)26-21(27)29)18-15-4-3-14(23)10-13(15)2-5-17-19(18)25-22(32-17)30-9-8-28-7-6-24-12-28/h2-7,10-12,18H,8-9H2,1H3,(H,26,29,31). The Morgan fingerprint density at radius 1 is 1.31 bits per heavy atom. The Balaban J connectivity index is 1.58. The Kier molecular flexibility index (Phi) is 5.54. The van der Waals surface area contributed by atoms with Gasteiger partial charge in [-0.2, -0.15) is 0 Å². The molecule has 0 radical (unpaired) electrons. The zero-order valence-electron chi connectivity index (χ0n) is 17.0. The van der Waals surface area contributed by atoms with Gasteiger partial charge in [0.1, 0.15) is 11.2 Å². The lowest BCUT2D eigenvalue weighted by atomic mass is 9.88. The third-order valence-electron chi connectivity index (χ3n) is 5.29. The normalized spacial score (nSPS) is 14.6. The summed E-state index contributed by atoms with van der Waals surface area (Å²) in [5.74, 6) is -0.273. The number of imidazole rings is 1. The molecule has 0 saturated heterocycles. The van der Waals surface area contributed by atoms with E-state index >= 15 is 0 Å². The Morgan fingerprint density at radius 3 is 3.00 bits per heavy atom. The van der Waals surface area contributed by atoms with Crippen LogP contribution in [0.2, 0.25) is 5.02 Å². The van der Waals surface area contributed by atoms with E-state index in [4.69, 9.17) is 33.5 Å². The number of ether oxygens (including phenoxy) is 1. The van der Waals surface area contributed by atoms with Gasteiger partial charge in [0.15, 0.2) is 0 Å². The predicted octanol–water partition coefficient (Wildman–Crippen LogP) is 4.49. The summed E-state index contributed by atoms with van der Waals surface area (Å²) in [4.78, 5) is 24.7. The predicted molar refractivity (Wildman–Crippen MR) is 128 cm³/mol. The maximum Gasteiger partial charge on any atom is 0.326 e. The van der Waals surface area contributed by atoms with Crippen molar-refractivity contribution in [1.29, 1.82) is 0 Å². The number of H-pyrrole nitrogens is 1. The highest BCUT2D eigenvalue weighted by Crippen LogP contribution is 2.43. The number of fused-ring (bicyclic) bond motifs is 2. The van der Waals surface area contributed by atoms with Gasteiger partial charge in [0.2, 0.25) is 0 Å². The largest absolute Gasteiger partial charge is 0.468 e. The number of benzene rings is 1. The molecule has 1 aliphatic rings. The lowest BCUT2D eigenvalue weighted by molar-refractivity contribution is 0.296. The summed E-state index contributed by atoms with van der Waals surface area (Å²) in [6, 6.07) is 5.77. The lowest BCUT2D eigenvalue weighted by Crippen LogP contribution is -2.22. The minimum absolute atomic E-state index is 0.260. The average molecular weight is 484 g/mol. The van der Waals surface area contributed by atoms with E-state index < -0.39 is 0 Å². The molecular formula is C22H18ClN5O2S2. The number of nitrogens with zero attached hydrogens (tertiary/aromatic N) is 4. The van der Waals surface area contributed by atoms with Crippen molar-refractivity contribution in [3.63, 3.8) is 0 Å². The van der Waals surface area contributed by atoms with Crippen LogP contribution in [0.3, 0.4) is 0 Å². The van der Waals surface area contributed by atoms with Crippen molar-refractivity contribution in [2.75, 3.05) is 6.61 Å². The zero-order chi connectivity index (χ0) is 22.2. The minimum Gasteiger partial charge on any atom is -0.468 e. The molecule has 3 aromatic heterocycles. The first-order chi connectivity index (χ1) is 15.5. The van der Waals surface area contributed by atoms with E-state index in [1.54, 1.807) is 25.8 Å². The lowest BCUT2D eigenvalue weighted by Gasteiger charge is -2.19. The van der Waals surface area contributed by atoms with E-state index in [1.807, 2.05) is 41.1 Å². The number of hydrogen-bond donors (Lipinski definition) is 1. The third kappa shape index (κ3) is 3.94. The van der Waals surface area contributed by atoms with Crippen molar-refractivity contribution in [2.45, 2.75) is 12.5 Å². The first kappa shape index (κ1) is 20.9. The van der Waals surface area contributed by atoms with Gasteiger partial charge in [-0.3, -0.25) is 4.98 Å². The fourth-order valence-corrected chi connectivity index (χ4v) is 5.05. The van der Waals surface area contributed by atoms with E-state index in [2.05, 4.69) is 9.97 Å². The monoisotopic (exact) mass is 483 g/mol. The summed E-state index contributed by atoms with van der Waals surface area (Å²) in [5, 5.41) is 1.24. The third-order valence-corrected chi connectivity index (χ3v) is 6.81. The summed E-state index contributed by atoms with van der Waals surface area (Å²) >= 11 is 13.3. The van der Waals surface area contributed by atoms with Gasteiger partial charge in [-0.05, 0) is 29.3 Å². The maximum absolute atomic E-state index is 12.1. The summed E-state index contributed by atoms with van der Waals surface area (Å²) < 4.78 is 9.79. The van der Waals surface area contributed by atoms with Crippen LogP contribution in [0.5, 0.6) is 5.19 Å². The summed E-state index contributed by atoms with van der Waals surface area (Å²) in [5.41, 5.74) is 3.37. The minimum atomic E-state index is -0.273. The average Bonchev–Trinajstić information content (AvgIpc) is 3.39. The van der Waals surface area contributed by atoms with Crippen LogP contribution in [0.1, 0.15) is 33.2 Å². The van der Waals surface area contributed by atoms with Gasteiger partial charge in [-0.15, -0.1) is 0 Å².